The van der Waals surface area contributed by atoms with Crippen molar-refractivity contribution >= 4 is 45.0 Å². The van der Waals surface area contributed by atoms with E-state index in [2.05, 4.69) is 17.9 Å². The zero-order valence-corrected chi connectivity index (χ0v) is 24.0. The van der Waals surface area contributed by atoms with Crippen LogP contribution >= 0.6 is 35.1 Å². The van der Waals surface area contributed by atoms with Gasteiger partial charge in [0.2, 0.25) is 0 Å². The number of benzene rings is 1. The number of allylic oxidation sites excluding steroid dienone is 3. The Morgan fingerprint density at radius 1 is 1.22 bits per heavy atom. The third kappa shape index (κ3) is 8.64. The molecule has 1 fully saturated rings. The summed E-state index contributed by atoms with van der Waals surface area (Å²) in [5.74, 6) is -0.192. The van der Waals surface area contributed by atoms with Crippen LogP contribution in [-0.4, -0.2) is 26.1 Å². The summed E-state index contributed by atoms with van der Waals surface area (Å²) in [6.07, 6.45) is 8.45. The lowest BCUT2D eigenvalue weighted by atomic mass is 9.88. The van der Waals surface area contributed by atoms with Crippen LogP contribution in [0.3, 0.4) is 0 Å². The molecule has 200 valence electrons. The number of alkyl halides is 1. The molecule has 1 saturated carbocycles. The van der Waals surface area contributed by atoms with Crippen molar-refractivity contribution in [3.05, 3.63) is 76.2 Å². The molecule has 1 aliphatic carbocycles. The summed E-state index contributed by atoms with van der Waals surface area (Å²) in [4.78, 5) is -0.0651. The summed E-state index contributed by atoms with van der Waals surface area (Å²) in [5, 5.41) is -1.25. The molecule has 0 saturated heterocycles. The van der Waals surface area contributed by atoms with E-state index in [4.69, 9.17) is 23.2 Å². The smallest absolute Gasteiger partial charge is 0.190 e. The minimum Gasteiger partial charge on any atom is -0.330 e. The fraction of sp³-hybridized carbons (Fsp3) is 0.481. The van der Waals surface area contributed by atoms with Crippen LogP contribution in [0, 0.1) is 11.8 Å². The van der Waals surface area contributed by atoms with Crippen LogP contribution in [-0.2, 0) is 9.84 Å². The first-order valence-electron chi connectivity index (χ1n) is 12.0. The van der Waals surface area contributed by atoms with Crippen LogP contribution in [0.4, 0.5) is 8.78 Å². The van der Waals surface area contributed by atoms with Crippen molar-refractivity contribution in [1.82, 2.24) is 4.72 Å². The number of hydrogen-bond donors (Lipinski definition) is 1. The molecule has 0 heterocycles. The van der Waals surface area contributed by atoms with Crippen LogP contribution in [0.1, 0.15) is 52.4 Å². The van der Waals surface area contributed by atoms with Gasteiger partial charge in [0.05, 0.1) is 11.6 Å². The molecule has 1 aromatic carbocycles. The molecule has 36 heavy (non-hydrogen) atoms. The number of rotatable bonds is 13. The van der Waals surface area contributed by atoms with E-state index in [1.165, 1.54) is 75.2 Å². The number of hydrogen-bond acceptors (Lipinski definition) is 4. The van der Waals surface area contributed by atoms with Gasteiger partial charge in [0.15, 0.2) is 9.84 Å². The molecule has 0 aliphatic heterocycles. The molecule has 2 rings (SSSR count). The first kappa shape index (κ1) is 30.9. The van der Waals surface area contributed by atoms with E-state index in [-0.39, 0.29) is 15.5 Å². The highest BCUT2D eigenvalue weighted by Crippen LogP contribution is 2.37. The van der Waals surface area contributed by atoms with Gasteiger partial charge in [-0.25, -0.2) is 12.8 Å². The minimum absolute atomic E-state index is 0.0259. The van der Waals surface area contributed by atoms with Crippen molar-refractivity contribution in [2.75, 3.05) is 12.4 Å². The predicted octanol–water partition coefficient (Wildman–Crippen LogP) is 8.73. The van der Waals surface area contributed by atoms with E-state index < -0.39 is 33.5 Å². The van der Waals surface area contributed by atoms with Gasteiger partial charge in [-0.3, -0.25) is 4.39 Å². The summed E-state index contributed by atoms with van der Waals surface area (Å²) in [7, 11) is -4.20. The Balaban J connectivity index is 2.37. The predicted molar refractivity (Wildman–Crippen MR) is 150 cm³/mol. The summed E-state index contributed by atoms with van der Waals surface area (Å²) in [5.41, 5.74) is 0.809. The third-order valence-corrected chi connectivity index (χ3v) is 10.2. The molecule has 0 amide bonds. The van der Waals surface area contributed by atoms with Gasteiger partial charge in [-0.15, -0.1) is 0 Å². The van der Waals surface area contributed by atoms with Crippen molar-refractivity contribution in [2.24, 2.45) is 11.8 Å². The molecule has 0 spiro atoms. The summed E-state index contributed by atoms with van der Waals surface area (Å²) >= 11 is 14.1. The fourth-order valence-corrected chi connectivity index (χ4v) is 7.72. The maximum Gasteiger partial charge on any atom is 0.190 e. The van der Waals surface area contributed by atoms with Crippen LogP contribution in [0.5, 0.6) is 0 Å². The molecule has 1 N–H and O–H groups in total. The topological polar surface area (TPSA) is 46.2 Å². The van der Waals surface area contributed by atoms with Gasteiger partial charge in [-0.05, 0) is 60.8 Å². The Kier molecular flexibility index (Phi) is 12.6. The quantitative estimate of drug-likeness (QED) is 0.144. The minimum atomic E-state index is -4.20. The second-order valence-electron chi connectivity index (χ2n) is 9.22. The van der Waals surface area contributed by atoms with E-state index in [9.17, 15) is 17.2 Å². The second kappa shape index (κ2) is 14.6. The summed E-state index contributed by atoms with van der Waals surface area (Å²) < 4.78 is 58.4. The molecule has 1 aliphatic rings. The highest BCUT2D eigenvalue weighted by Gasteiger charge is 2.37. The van der Waals surface area contributed by atoms with E-state index in [1.807, 2.05) is 0 Å². The SMILES string of the molecule is C=C(F)/C=C(/C(/C(Cl)=C(\C)C(=C)NSCCC1CCCCC1)S(=O)(=O)c1ccc(Cl)cc1)[C@H](C)CF. The van der Waals surface area contributed by atoms with Gasteiger partial charge < -0.3 is 4.72 Å². The average molecular weight is 579 g/mol. The van der Waals surface area contributed by atoms with Crippen LogP contribution in [0.2, 0.25) is 5.02 Å². The number of nitrogens with one attached hydrogen (secondary N) is 1. The van der Waals surface area contributed by atoms with E-state index in [0.717, 1.165) is 24.2 Å². The van der Waals surface area contributed by atoms with Gasteiger partial charge in [0.25, 0.3) is 0 Å². The lowest BCUT2D eigenvalue weighted by Gasteiger charge is -2.26. The summed E-state index contributed by atoms with van der Waals surface area (Å²) in [6, 6.07) is 5.58. The molecule has 0 radical (unpaired) electrons. The van der Waals surface area contributed by atoms with Crippen molar-refractivity contribution in [2.45, 2.75) is 62.5 Å². The molecule has 0 bridgehead atoms. The number of halogens is 4. The van der Waals surface area contributed by atoms with Gasteiger partial charge in [-0.2, -0.15) is 0 Å². The fourth-order valence-electron chi connectivity index (χ4n) is 4.23. The third-order valence-electron chi connectivity index (χ3n) is 6.47. The zero-order valence-electron chi connectivity index (χ0n) is 20.8. The maximum atomic E-state index is 13.9. The maximum absolute atomic E-state index is 13.9. The van der Waals surface area contributed by atoms with Gasteiger partial charge in [-0.1, -0.05) is 87.3 Å². The number of sulfone groups is 1. The summed E-state index contributed by atoms with van der Waals surface area (Å²) in [6.45, 7) is 9.47. The molecule has 1 unspecified atom stereocenters. The van der Waals surface area contributed by atoms with Crippen LogP contribution in [0.25, 0.3) is 0 Å². The highest BCUT2D eigenvalue weighted by atomic mass is 35.5. The van der Waals surface area contributed by atoms with E-state index in [1.54, 1.807) is 6.92 Å². The monoisotopic (exact) mass is 577 g/mol. The van der Waals surface area contributed by atoms with Crippen LogP contribution in [0.15, 0.2) is 76.1 Å². The lowest BCUT2D eigenvalue weighted by Crippen LogP contribution is -2.29. The molecular formula is C27H35Cl2F2NO2S2. The Labute approximate surface area is 229 Å². The molecule has 1 aromatic rings. The van der Waals surface area contributed by atoms with E-state index in [0.29, 0.717) is 16.3 Å². The Morgan fingerprint density at radius 3 is 2.39 bits per heavy atom. The lowest BCUT2D eigenvalue weighted by molar-refractivity contribution is 0.351. The average Bonchev–Trinajstić information content (AvgIpc) is 2.85. The second-order valence-corrected chi connectivity index (χ2v) is 13.0. The van der Waals surface area contributed by atoms with E-state index >= 15 is 0 Å². The van der Waals surface area contributed by atoms with Crippen molar-refractivity contribution in [3.63, 3.8) is 0 Å². The Bertz CT molecular complexity index is 1080. The van der Waals surface area contributed by atoms with Crippen LogP contribution < -0.4 is 4.72 Å². The van der Waals surface area contributed by atoms with Crippen molar-refractivity contribution in [3.8, 4) is 0 Å². The van der Waals surface area contributed by atoms with Crippen molar-refractivity contribution < 1.29 is 17.2 Å². The Hall–Kier alpha value is -1.28. The molecule has 9 heteroatoms. The zero-order chi connectivity index (χ0) is 26.9. The van der Waals surface area contributed by atoms with Gasteiger partial charge in [0.1, 0.15) is 11.1 Å². The molecule has 3 nitrogen and oxygen atoms in total. The molecular weight excluding hydrogens is 543 g/mol. The first-order valence-corrected chi connectivity index (χ1v) is 15.3. The van der Waals surface area contributed by atoms with Gasteiger partial charge >= 0.3 is 0 Å². The standard InChI is InChI=1S/C27H35Cl2F2NO2S2/c1-18(17-30)25(16-19(2)31)27(36(33,34)24-12-10-23(28)11-13-24)26(29)20(3)21(4)32-35-15-14-22-8-6-5-7-9-22/h10-13,16,18,22,27,32H,2,4-9,14-15,17H2,1,3H3/b25-16+,26-20-/t18-,27?/m1/s1. The Morgan fingerprint density at radius 2 is 1.83 bits per heavy atom. The van der Waals surface area contributed by atoms with Crippen molar-refractivity contribution in [1.29, 1.82) is 0 Å². The molecule has 0 aromatic heterocycles. The first-order chi connectivity index (χ1) is 17.0. The van der Waals surface area contributed by atoms with Gasteiger partial charge in [0, 0.05) is 27.4 Å². The molecule has 2 atom stereocenters. The highest BCUT2D eigenvalue weighted by molar-refractivity contribution is 7.97. The normalized spacial score (nSPS) is 17.8. The largest absolute Gasteiger partial charge is 0.330 e.